The average molecular weight is 181 g/mol. The number of methoxy groups -OCH3 is 1. The van der Waals surface area contributed by atoms with Crippen LogP contribution in [0.2, 0.25) is 12.6 Å². The van der Waals surface area contributed by atoms with Crippen molar-refractivity contribution in [3.63, 3.8) is 0 Å². The van der Waals surface area contributed by atoms with Gasteiger partial charge in [0, 0.05) is 19.6 Å². The second kappa shape index (κ2) is 4.82. The molecule has 73 valence electrons. The van der Waals surface area contributed by atoms with Gasteiger partial charge in [-0.1, -0.05) is 19.0 Å². The normalized spacial score (nSPS) is 33.8. The van der Waals surface area contributed by atoms with Crippen LogP contribution in [0.25, 0.3) is 0 Å². The molecule has 0 amide bonds. The number of aliphatic hydroxyl groups is 1. The predicted octanol–water partition coefficient (Wildman–Crippen LogP) is 1.50. The Kier molecular flexibility index (Phi) is 4.01. The van der Waals surface area contributed by atoms with E-state index in [1.54, 1.807) is 7.11 Å². The fraction of sp³-hybridized carbons (Fsp3) is 0.800. The van der Waals surface area contributed by atoms with E-state index in [0.717, 1.165) is 12.8 Å². The van der Waals surface area contributed by atoms with Gasteiger partial charge in [0.15, 0.2) is 0 Å². The molecule has 1 saturated carbocycles. The summed E-state index contributed by atoms with van der Waals surface area (Å²) in [6.07, 6.45) is 2.05. The van der Waals surface area contributed by atoms with E-state index in [1.165, 1.54) is 5.57 Å². The van der Waals surface area contributed by atoms with Crippen LogP contribution < -0.4 is 0 Å². The minimum absolute atomic E-state index is 0.222. The van der Waals surface area contributed by atoms with E-state index in [9.17, 15) is 0 Å². The predicted molar refractivity (Wildman–Crippen MR) is 55.1 cm³/mol. The highest BCUT2D eigenvalue weighted by atomic mass is 16.5. The lowest BCUT2D eigenvalue weighted by Crippen LogP contribution is -2.18. The number of ether oxygens (including phenoxy) is 1. The van der Waals surface area contributed by atoms with E-state index in [-0.39, 0.29) is 12.7 Å². The van der Waals surface area contributed by atoms with Crippen molar-refractivity contribution >= 4 is 7.28 Å². The van der Waals surface area contributed by atoms with Crippen molar-refractivity contribution in [2.75, 3.05) is 13.7 Å². The highest BCUT2D eigenvalue weighted by molar-refractivity contribution is 6.37. The van der Waals surface area contributed by atoms with Gasteiger partial charge in [0.1, 0.15) is 7.28 Å². The molecule has 0 saturated heterocycles. The van der Waals surface area contributed by atoms with Crippen molar-refractivity contribution in [2.45, 2.75) is 31.6 Å². The van der Waals surface area contributed by atoms with Crippen LogP contribution in [0.5, 0.6) is 0 Å². The molecule has 0 spiro atoms. The Morgan fingerprint density at radius 2 is 2.38 bits per heavy atom. The molecule has 1 fully saturated rings. The zero-order valence-electron chi connectivity index (χ0n) is 8.49. The minimum Gasteiger partial charge on any atom is -0.396 e. The Hall–Kier alpha value is -0.275. The molecular weight excluding hydrogens is 163 g/mol. The van der Waals surface area contributed by atoms with Crippen LogP contribution in [-0.2, 0) is 4.74 Å². The third-order valence-electron chi connectivity index (χ3n) is 3.03. The Balaban J connectivity index is 2.62. The lowest BCUT2D eigenvalue weighted by molar-refractivity contribution is 0.0682. The quantitative estimate of drug-likeness (QED) is 0.526. The molecule has 0 aromatic rings. The zero-order chi connectivity index (χ0) is 9.84. The molecule has 3 atom stereocenters. The minimum atomic E-state index is 0.222. The molecule has 0 bridgehead atoms. The Labute approximate surface area is 81.2 Å². The van der Waals surface area contributed by atoms with Gasteiger partial charge >= 0.3 is 0 Å². The molecule has 1 aliphatic carbocycles. The van der Waals surface area contributed by atoms with Crippen LogP contribution in [-0.4, -0.2) is 32.2 Å². The first-order chi connectivity index (χ1) is 6.24. The first kappa shape index (κ1) is 10.8. The van der Waals surface area contributed by atoms with E-state index in [2.05, 4.69) is 20.7 Å². The van der Waals surface area contributed by atoms with Gasteiger partial charge in [-0.05, 0) is 18.7 Å². The summed E-state index contributed by atoms with van der Waals surface area (Å²) in [5.41, 5.74) is 1.23. The summed E-state index contributed by atoms with van der Waals surface area (Å²) in [5.74, 6) is 0.817. The Morgan fingerprint density at radius 1 is 1.69 bits per heavy atom. The zero-order valence-corrected chi connectivity index (χ0v) is 8.49. The van der Waals surface area contributed by atoms with Crippen molar-refractivity contribution in [1.82, 2.24) is 0 Å². The summed E-state index contributed by atoms with van der Waals surface area (Å²) in [4.78, 5) is 0. The van der Waals surface area contributed by atoms with Gasteiger partial charge < -0.3 is 9.84 Å². The van der Waals surface area contributed by atoms with Crippen molar-refractivity contribution < 1.29 is 9.84 Å². The third kappa shape index (κ3) is 2.15. The maximum atomic E-state index is 8.91. The summed E-state index contributed by atoms with van der Waals surface area (Å²) in [5, 5.41) is 8.91. The molecule has 1 rings (SSSR count). The summed E-state index contributed by atoms with van der Waals surface area (Å²) in [6.45, 7) is 6.36. The van der Waals surface area contributed by atoms with Gasteiger partial charge in [0.05, 0.1) is 6.10 Å². The lowest BCUT2D eigenvalue weighted by Gasteiger charge is -2.17. The lowest BCUT2D eigenvalue weighted by atomic mass is 9.64. The molecule has 0 unspecified atom stereocenters. The van der Waals surface area contributed by atoms with Gasteiger partial charge in [-0.25, -0.2) is 0 Å². The second-order valence-corrected chi connectivity index (χ2v) is 3.64. The van der Waals surface area contributed by atoms with Gasteiger partial charge in [-0.2, -0.15) is 0 Å². The smallest absolute Gasteiger partial charge is 0.115 e. The van der Waals surface area contributed by atoms with Crippen molar-refractivity contribution in [3.8, 4) is 0 Å². The molecule has 1 N–H and O–H groups in total. The molecule has 0 heterocycles. The van der Waals surface area contributed by atoms with E-state index < -0.39 is 0 Å². The molecule has 2 nitrogen and oxygen atoms in total. The third-order valence-corrected chi connectivity index (χ3v) is 3.03. The first-order valence-corrected chi connectivity index (χ1v) is 4.86. The van der Waals surface area contributed by atoms with E-state index in [0.29, 0.717) is 11.7 Å². The first-order valence-electron chi connectivity index (χ1n) is 4.86. The van der Waals surface area contributed by atoms with Crippen LogP contribution in [0.1, 0.15) is 12.8 Å². The number of aliphatic hydroxyl groups excluding tert-OH is 1. The molecule has 13 heavy (non-hydrogen) atoms. The van der Waals surface area contributed by atoms with Crippen LogP contribution in [0.3, 0.4) is 0 Å². The fourth-order valence-electron chi connectivity index (χ4n) is 2.20. The van der Waals surface area contributed by atoms with Crippen LogP contribution in [0.15, 0.2) is 12.2 Å². The summed E-state index contributed by atoms with van der Waals surface area (Å²) in [6, 6.07) is 0. The van der Waals surface area contributed by atoms with Crippen LogP contribution >= 0.6 is 0 Å². The van der Waals surface area contributed by atoms with Crippen molar-refractivity contribution in [3.05, 3.63) is 12.2 Å². The second-order valence-electron chi connectivity index (χ2n) is 3.64. The van der Waals surface area contributed by atoms with Crippen LogP contribution in [0, 0.1) is 5.92 Å². The number of rotatable bonds is 4. The van der Waals surface area contributed by atoms with Gasteiger partial charge in [0.25, 0.3) is 0 Å². The summed E-state index contributed by atoms with van der Waals surface area (Å²) >= 11 is 0. The molecule has 1 aliphatic rings. The molecule has 0 aromatic heterocycles. The summed E-state index contributed by atoms with van der Waals surface area (Å²) < 4.78 is 5.39. The highest BCUT2D eigenvalue weighted by Gasteiger charge is 2.35. The molecule has 1 radical (unpaired) electrons. The average Bonchev–Trinajstić information content (AvgIpc) is 2.45. The number of hydrogen-bond acceptors (Lipinski definition) is 2. The number of hydrogen-bond donors (Lipinski definition) is 1. The van der Waals surface area contributed by atoms with E-state index in [4.69, 9.17) is 9.84 Å². The SMILES string of the molecule is C=C1[C@@H]([B]C)C[C@@H](OC)[C@H]1CCO. The topological polar surface area (TPSA) is 29.5 Å². The molecular formula is C10H18BO2. The standard InChI is InChI=1S/C10H18BO2/c1-7-8(4-5-12)10(13-3)6-9(7)11-2/h8-10,12H,1,4-6H2,2-3H3/t8-,9-,10+/m0/s1. The van der Waals surface area contributed by atoms with Gasteiger partial charge in [0.2, 0.25) is 0 Å². The fourth-order valence-corrected chi connectivity index (χ4v) is 2.20. The Bertz CT molecular complexity index is 182. The molecule has 0 aliphatic heterocycles. The van der Waals surface area contributed by atoms with E-state index in [1.807, 2.05) is 0 Å². The summed E-state index contributed by atoms with van der Waals surface area (Å²) in [7, 11) is 3.91. The van der Waals surface area contributed by atoms with Crippen molar-refractivity contribution in [2.24, 2.45) is 5.92 Å². The highest BCUT2D eigenvalue weighted by Crippen LogP contribution is 2.42. The molecule has 3 heteroatoms. The molecule has 0 aromatic carbocycles. The van der Waals surface area contributed by atoms with Crippen molar-refractivity contribution in [1.29, 1.82) is 0 Å². The maximum absolute atomic E-state index is 8.91. The van der Waals surface area contributed by atoms with Gasteiger partial charge in [-0.3, -0.25) is 0 Å². The van der Waals surface area contributed by atoms with Crippen LogP contribution in [0.4, 0.5) is 0 Å². The Morgan fingerprint density at radius 3 is 2.85 bits per heavy atom. The van der Waals surface area contributed by atoms with Gasteiger partial charge in [-0.15, -0.1) is 0 Å². The van der Waals surface area contributed by atoms with E-state index >= 15 is 0 Å². The largest absolute Gasteiger partial charge is 0.396 e. The monoisotopic (exact) mass is 181 g/mol. The maximum Gasteiger partial charge on any atom is 0.115 e.